The number of aromatic nitrogens is 3. The van der Waals surface area contributed by atoms with Crippen molar-refractivity contribution in [2.24, 2.45) is 5.92 Å². The highest BCUT2D eigenvalue weighted by Gasteiger charge is 2.26. The summed E-state index contributed by atoms with van der Waals surface area (Å²) in [4.78, 5) is 12.9. The predicted octanol–water partition coefficient (Wildman–Crippen LogP) is 2.44. The van der Waals surface area contributed by atoms with Gasteiger partial charge in [-0.25, -0.2) is 4.98 Å². The van der Waals surface area contributed by atoms with Gasteiger partial charge < -0.3 is 10.8 Å². The first-order valence-corrected chi connectivity index (χ1v) is 8.49. The lowest BCUT2D eigenvalue weighted by Crippen LogP contribution is -2.18. The van der Waals surface area contributed by atoms with E-state index in [1.54, 1.807) is 11.8 Å². The first-order chi connectivity index (χ1) is 9.69. The number of unbranched alkanes of at least 4 members (excludes halogenated alkanes) is 2. The number of anilines is 1. The number of hydrogen-bond donors (Lipinski definition) is 2. The fourth-order valence-corrected chi connectivity index (χ4v) is 3.44. The Hall–Kier alpha value is -0.880. The van der Waals surface area contributed by atoms with Gasteiger partial charge in [0.1, 0.15) is 5.82 Å². The van der Waals surface area contributed by atoms with E-state index in [2.05, 4.69) is 21.9 Å². The van der Waals surface area contributed by atoms with Gasteiger partial charge in [0, 0.05) is 12.2 Å². The van der Waals surface area contributed by atoms with Crippen LogP contribution in [-0.4, -0.2) is 31.9 Å². The summed E-state index contributed by atoms with van der Waals surface area (Å²) in [6.45, 7) is 2.19. The molecule has 0 bridgehead atoms. The number of nitrogens with zero attached hydrogens (tertiary/aromatic N) is 3. The van der Waals surface area contributed by atoms with Crippen molar-refractivity contribution in [2.75, 3.05) is 11.5 Å². The smallest absolute Gasteiger partial charge is 0.224 e. The van der Waals surface area contributed by atoms with E-state index in [1.165, 1.54) is 19.3 Å². The summed E-state index contributed by atoms with van der Waals surface area (Å²) in [5.74, 6) is 2.31. The summed E-state index contributed by atoms with van der Waals surface area (Å²) in [5.41, 5.74) is 5.76. The molecule has 3 N–H and O–H groups in total. The Kier molecular flexibility index (Phi) is 6.04. The molecular weight excluding hydrogens is 272 g/mol. The summed E-state index contributed by atoms with van der Waals surface area (Å²) < 4.78 is 0. The molecule has 0 aromatic carbocycles. The molecule has 0 aliphatic heterocycles. The molecule has 0 amide bonds. The van der Waals surface area contributed by atoms with Crippen molar-refractivity contribution in [2.45, 2.75) is 63.1 Å². The van der Waals surface area contributed by atoms with Crippen molar-refractivity contribution in [3.05, 3.63) is 5.82 Å². The zero-order valence-corrected chi connectivity index (χ0v) is 12.9. The first-order valence-electron chi connectivity index (χ1n) is 7.50. The zero-order valence-electron chi connectivity index (χ0n) is 12.1. The van der Waals surface area contributed by atoms with Crippen LogP contribution >= 0.6 is 11.8 Å². The molecule has 0 spiro atoms. The van der Waals surface area contributed by atoms with Crippen molar-refractivity contribution < 1.29 is 5.11 Å². The third-order valence-electron chi connectivity index (χ3n) is 3.72. The van der Waals surface area contributed by atoms with E-state index < -0.39 is 0 Å². The van der Waals surface area contributed by atoms with Crippen LogP contribution in [-0.2, 0) is 6.42 Å². The van der Waals surface area contributed by atoms with E-state index in [-0.39, 0.29) is 12.0 Å². The van der Waals surface area contributed by atoms with Crippen LogP contribution in [0.5, 0.6) is 0 Å². The van der Waals surface area contributed by atoms with Gasteiger partial charge in [-0.3, -0.25) is 0 Å². The standard InChI is InChI=1S/C14H24N4OS/c1-2-3-4-8-20-14-17-12(16-13(15)18-14)9-10-6-5-7-11(10)19/h10-11,19H,2-9H2,1H3,(H2,15,16,17,18). The summed E-state index contributed by atoms with van der Waals surface area (Å²) in [6, 6.07) is 0. The highest BCUT2D eigenvalue weighted by Crippen LogP contribution is 2.28. The summed E-state index contributed by atoms with van der Waals surface area (Å²) >= 11 is 1.64. The minimum Gasteiger partial charge on any atom is -0.393 e. The highest BCUT2D eigenvalue weighted by molar-refractivity contribution is 7.99. The number of thioether (sulfide) groups is 1. The van der Waals surface area contributed by atoms with Crippen molar-refractivity contribution in [1.29, 1.82) is 0 Å². The number of hydrogen-bond acceptors (Lipinski definition) is 6. The number of aliphatic hydroxyl groups excluding tert-OH is 1. The average Bonchev–Trinajstić information content (AvgIpc) is 2.80. The quantitative estimate of drug-likeness (QED) is 0.594. The fraction of sp³-hybridized carbons (Fsp3) is 0.786. The highest BCUT2D eigenvalue weighted by atomic mass is 32.2. The minimum absolute atomic E-state index is 0.214. The van der Waals surface area contributed by atoms with Crippen LogP contribution in [0.4, 0.5) is 5.95 Å². The van der Waals surface area contributed by atoms with Gasteiger partial charge in [0.05, 0.1) is 6.10 Å². The summed E-state index contributed by atoms with van der Waals surface area (Å²) in [7, 11) is 0. The molecule has 0 radical (unpaired) electrons. The Morgan fingerprint density at radius 3 is 2.80 bits per heavy atom. The van der Waals surface area contributed by atoms with Crippen molar-refractivity contribution in [3.8, 4) is 0 Å². The van der Waals surface area contributed by atoms with Crippen LogP contribution in [0, 0.1) is 5.92 Å². The Balaban J connectivity index is 1.93. The molecule has 1 heterocycles. The van der Waals surface area contributed by atoms with E-state index >= 15 is 0 Å². The molecule has 2 rings (SSSR count). The molecule has 1 aromatic heterocycles. The lowest BCUT2D eigenvalue weighted by Gasteiger charge is -2.13. The second kappa shape index (κ2) is 7.78. The monoisotopic (exact) mass is 296 g/mol. The summed E-state index contributed by atoms with van der Waals surface area (Å²) in [6.07, 6.45) is 7.13. The van der Waals surface area contributed by atoms with Gasteiger partial charge >= 0.3 is 0 Å². The van der Waals surface area contributed by atoms with Crippen LogP contribution in [0.2, 0.25) is 0 Å². The number of rotatable bonds is 7. The first kappa shape index (κ1) is 15.5. The average molecular weight is 296 g/mol. The van der Waals surface area contributed by atoms with Crippen LogP contribution in [0.1, 0.15) is 51.3 Å². The predicted molar refractivity (Wildman–Crippen MR) is 81.5 cm³/mol. The van der Waals surface area contributed by atoms with Gasteiger partial charge in [-0.05, 0) is 25.2 Å². The van der Waals surface area contributed by atoms with Crippen LogP contribution < -0.4 is 5.73 Å². The van der Waals surface area contributed by atoms with Gasteiger partial charge in [0.25, 0.3) is 0 Å². The van der Waals surface area contributed by atoms with Crippen LogP contribution in [0.3, 0.4) is 0 Å². The van der Waals surface area contributed by atoms with E-state index in [4.69, 9.17) is 5.73 Å². The lowest BCUT2D eigenvalue weighted by molar-refractivity contribution is 0.131. The van der Waals surface area contributed by atoms with Gasteiger partial charge in [0.2, 0.25) is 5.95 Å². The van der Waals surface area contributed by atoms with Crippen LogP contribution in [0.25, 0.3) is 0 Å². The van der Waals surface area contributed by atoms with Gasteiger partial charge in [0.15, 0.2) is 5.16 Å². The lowest BCUT2D eigenvalue weighted by atomic mass is 10.0. The molecule has 1 fully saturated rings. The molecule has 112 valence electrons. The van der Waals surface area contributed by atoms with Gasteiger partial charge in [-0.1, -0.05) is 37.9 Å². The van der Waals surface area contributed by atoms with Gasteiger partial charge in [-0.2, -0.15) is 9.97 Å². The van der Waals surface area contributed by atoms with E-state index in [0.717, 1.165) is 36.0 Å². The second-order valence-electron chi connectivity index (χ2n) is 5.41. The topological polar surface area (TPSA) is 84.9 Å². The molecular formula is C14H24N4OS. The number of aliphatic hydroxyl groups is 1. The van der Waals surface area contributed by atoms with Crippen molar-refractivity contribution >= 4 is 17.7 Å². The molecule has 2 unspecified atom stereocenters. The number of nitrogen functional groups attached to an aromatic ring is 1. The summed E-state index contributed by atoms with van der Waals surface area (Å²) in [5, 5.41) is 10.6. The molecule has 5 nitrogen and oxygen atoms in total. The minimum atomic E-state index is -0.214. The van der Waals surface area contributed by atoms with Gasteiger partial charge in [-0.15, -0.1) is 0 Å². The molecule has 0 saturated heterocycles. The molecule has 1 aromatic rings. The molecule has 1 saturated carbocycles. The second-order valence-corrected chi connectivity index (χ2v) is 6.47. The SMILES string of the molecule is CCCCCSc1nc(N)nc(CC2CCCC2O)n1. The third kappa shape index (κ3) is 4.59. The van der Waals surface area contributed by atoms with Crippen LogP contribution in [0.15, 0.2) is 5.16 Å². The molecule has 20 heavy (non-hydrogen) atoms. The van der Waals surface area contributed by atoms with Crippen molar-refractivity contribution in [3.63, 3.8) is 0 Å². The van der Waals surface area contributed by atoms with E-state index in [0.29, 0.717) is 12.4 Å². The Bertz CT molecular complexity index is 430. The number of nitrogens with two attached hydrogens (primary N) is 1. The molecule has 2 atom stereocenters. The van der Waals surface area contributed by atoms with E-state index in [1.807, 2.05) is 0 Å². The zero-order chi connectivity index (χ0) is 14.4. The molecule has 1 aliphatic rings. The maximum absolute atomic E-state index is 9.88. The largest absolute Gasteiger partial charge is 0.393 e. The normalized spacial score (nSPS) is 22.3. The van der Waals surface area contributed by atoms with E-state index in [9.17, 15) is 5.11 Å². The Morgan fingerprint density at radius 1 is 1.25 bits per heavy atom. The molecule has 1 aliphatic carbocycles. The fourth-order valence-electron chi connectivity index (χ4n) is 2.58. The maximum Gasteiger partial charge on any atom is 0.224 e. The maximum atomic E-state index is 9.88. The Morgan fingerprint density at radius 2 is 2.10 bits per heavy atom. The Labute approximate surface area is 124 Å². The molecule has 6 heteroatoms. The third-order valence-corrected chi connectivity index (χ3v) is 4.65. The van der Waals surface area contributed by atoms with Crippen molar-refractivity contribution in [1.82, 2.24) is 15.0 Å².